The minimum absolute atomic E-state index is 0. The van der Waals surface area contributed by atoms with Gasteiger partial charge < -0.3 is 20.3 Å². The lowest BCUT2D eigenvalue weighted by molar-refractivity contribution is -0.137. The molecule has 0 spiro atoms. The van der Waals surface area contributed by atoms with Crippen LogP contribution in [0, 0.1) is 0 Å². The molecule has 0 aliphatic carbocycles. The molecule has 1 saturated heterocycles. The van der Waals surface area contributed by atoms with E-state index >= 15 is 0 Å². The molecular formula is C15H22ClN3O3. The third-order valence-electron chi connectivity index (χ3n) is 3.53. The van der Waals surface area contributed by atoms with Gasteiger partial charge in [0.15, 0.2) is 0 Å². The Morgan fingerprint density at radius 1 is 1.41 bits per heavy atom. The maximum atomic E-state index is 12.1. The first-order chi connectivity index (χ1) is 10.1. The van der Waals surface area contributed by atoms with Crippen LogP contribution >= 0.6 is 12.4 Å². The van der Waals surface area contributed by atoms with E-state index in [1.54, 1.807) is 36.3 Å². The number of halogens is 1. The van der Waals surface area contributed by atoms with Crippen molar-refractivity contribution in [1.29, 1.82) is 0 Å². The maximum Gasteiger partial charge on any atom is 0.240 e. The van der Waals surface area contributed by atoms with Gasteiger partial charge in [-0.25, -0.2) is 0 Å². The highest BCUT2D eigenvalue weighted by Gasteiger charge is 2.28. The van der Waals surface area contributed by atoms with Crippen molar-refractivity contribution in [3.63, 3.8) is 0 Å². The molecule has 1 atom stereocenters. The van der Waals surface area contributed by atoms with E-state index in [1.165, 1.54) is 0 Å². The van der Waals surface area contributed by atoms with Crippen molar-refractivity contribution in [3.05, 3.63) is 24.3 Å². The van der Waals surface area contributed by atoms with Crippen LogP contribution in [-0.4, -0.2) is 49.5 Å². The highest BCUT2D eigenvalue weighted by Crippen LogP contribution is 2.15. The molecule has 7 heteroatoms. The van der Waals surface area contributed by atoms with E-state index in [0.717, 1.165) is 12.3 Å². The molecule has 0 bridgehead atoms. The standard InChI is InChI=1S/C15H21N3O3.ClH/c1-3-18-9-8-16-13(15(18)20)10-14(19)17-11-4-6-12(21-2)7-5-11;/h4-7,13,16H,3,8-10H2,1-2H3,(H,17,19);1H. The van der Waals surface area contributed by atoms with Crippen LogP contribution in [0.4, 0.5) is 5.69 Å². The van der Waals surface area contributed by atoms with E-state index in [0.29, 0.717) is 18.8 Å². The van der Waals surface area contributed by atoms with Crippen LogP contribution in [0.1, 0.15) is 13.3 Å². The summed E-state index contributed by atoms with van der Waals surface area (Å²) < 4.78 is 5.06. The first kappa shape index (κ1) is 18.3. The van der Waals surface area contributed by atoms with Crippen LogP contribution in [0.2, 0.25) is 0 Å². The number of likely N-dealkylation sites (N-methyl/N-ethyl adjacent to an activating group) is 1. The Kier molecular flexibility index (Phi) is 7.14. The number of carbonyl (C=O) groups excluding carboxylic acids is 2. The van der Waals surface area contributed by atoms with E-state index in [1.807, 2.05) is 6.92 Å². The maximum absolute atomic E-state index is 12.1. The van der Waals surface area contributed by atoms with Gasteiger partial charge in [0.1, 0.15) is 5.75 Å². The first-order valence-electron chi connectivity index (χ1n) is 7.10. The van der Waals surface area contributed by atoms with E-state index in [2.05, 4.69) is 10.6 Å². The fourth-order valence-electron chi connectivity index (χ4n) is 2.34. The number of nitrogens with one attached hydrogen (secondary N) is 2. The normalized spacial score (nSPS) is 17.6. The summed E-state index contributed by atoms with van der Waals surface area (Å²) in [6.45, 7) is 4.04. The fourth-order valence-corrected chi connectivity index (χ4v) is 2.34. The highest BCUT2D eigenvalue weighted by atomic mass is 35.5. The average Bonchev–Trinajstić information content (AvgIpc) is 2.50. The molecule has 2 N–H and O–H groups in total. The topological polar surface area (TPSA) is 70.7 Å². The minimum Gasteiger partial charge on any atom is -0.497 e. The summed E-state index contributed by atoms with van der Waals surface area (Å²) >= 11 is 0. The van der Waals surface area contributed by atoms with Gasteiger partial charge in [0, 0.05) is 25.3 Å². The van der Waals surface area contributed by atoms with Crippen molar-refractivity contribution in [2.24, 2.45) is 0 Å². The van der Waals surface area contributed by atoms with Gasteiger partial charge in [0.05, 0.1) is 19.6 Å². The Hall–Kier alpha value is -1.79. The molecule has 1 aliphatic heterocycles. The van der Waals surface area contributed by atoms with Crippen molar-refractivity contribution < 1.29 is 14.3 Å². The second kappa shape index (κ2) is 8.60. The summed E-state index contributed by atoms with van der Waals surface area (Å²) in [5.41, 5.74) is 0.691. The Bertz CT molecular complexity index is 507. The monoisotopic (exact) mass is 327 g/mol. The molecule has 1 heterocycles. The third kappa shape index (κ3) is 4.61. The zero-order valence-electron chi connectivity index (χ0n) is 12.8. The van der Waals surface area contributed by atoms with E-state index < -0.39 is 6.04 Å². The number of benzene rings is 1. The Balaban J connectivity index is 0.00000242. The molecule has 1 aromatic rings. The molecule has 0 saturated carbocycles. The molecule has 1 unspecified atom stereocenters. The van der Waals surface area contributed by atoms with Gasteiger partial charge in [0.2, 0.25) is 11.8 Å². The Morgan fingerprint density at radius 3 is 2.68 bits per heavy atom. The molecule has 0 aromatic heterocycles. The lowest BCUT2D eigenvalue weighted by Gasteiger charge is -2.32. The summed E-state index contributed by atoms with van der Waals surface area (Å²) in [6, 6.07) is 6.66. The molecule has 22 heavy (non-hydrogen) atoms. The Morgan fingerprint density at radius 2 is 2.09 bits per heavy atom. The van der Waals surface area contributed by atoms with Gasteiger partial charge in [0.25, 0.3) is 0 Å². The Labute approximate surface area is 136 Å². The van der Waals surface area contributed by atoms with Gasteiger partial charge in [-0.3, -0.25) is 9.59 Å². The van der Waals surface area contributed by atoms with Crippen LogP contribution < -0.4 is 15.4 Å². The second-order valence-corrected chi connectivity index (χ2v) is 4.91. The summed E-state index contributed by atoms with van der Waals surface area (Å²) in [5, 5.41) is 5.88. The molecule has 1 aromatic carbocycles. The van der Waals surface area contributed by atoms with E-state index in [4.69, 9.17) is 4.74 Å². The second-order valence-electron chi connectivity index (χ2n) is 4.91. The number of carbonyl (C=O) groups is 2. The quantitative estimate of drug-likeness (QED) is 0.854. The molecular weight excluding hydrogens is 306 g/mol. The van der Waals surface area contributed by atoms with E-state index in [9.17, 15) is 9.59 Å². The SMILES string of the molecule is CCN1CCNC(CC(=O)Nc2ccc(OC)cc2)C1=O.Cl. The minimum atomic E-state index is -0.433. The van der Waals surface area contributed by atoms with Gasteiger partial charge >= 0.3 is 0 Å². The molecule has 1 aliphatic rings. The molecule has 2 rings (SSSR count). The van der Waals surface area contributed by atoms with Gasteiger partial charge in [-0.05, 0) is 31.2 Å². The van der Waals surface area contributed by atoms with Crippen LogP contribution in [0.5, 0.6) is 5.75 Å². The predicted octanol–water partition coefficient (Wildman–Crippen LogP) is 1.27. The van der Waals surface area contributed by atoms with Gasteiger partial charge in [-0.1, -0.05) is 0 Å². The van der Waals surface area contributed by atoms with Crippen molar-refractivity contribution in [2.45, 2.75) is 19.4 Å². The largest absolute Gasteiger partial charge is 0.497 e. The lowest BCUT2D eigenvalue weighted by atomic mass is 10.1. The molecule has 0 radical (unpaired) electrons. The van der Waals surface area contributed by atoms with Crippen molar-refractivity contribution in [1.82, 2.24) is 10.2 Å². The number of methoxy groups -OCH3 is 1. The van der Waals surface area contributed by atoms with Crippen LogP contribution in [-0.2, 0) is 9.59 Å². The number of piperazine rings is 1. The summed E-state index contributed by atoms with van der Waals surface area (Å²) in [7, 11) is 1.59. The molecule has 2 amide bonds. The average molecular weight is 328 g/mol. The number of nitrogens with zero attached hydrogens (tertiary/aromatic N) is 1. The first-order valence-corrected chi connectivity index (χ1v) is 7.10. The van der Waals surface area contributed by atoms with Gasteiger partial charge in [-0.15, -0.1) is 12.4 Å². The van der Waals surface area contributed by atoms with Crippen LogP contribution in [0.25, 0.3) is 0 Å². The summed E-state index contributed by atoms with van der Waals surface area (Å²) in [6.07, 6.45) is 0.140. The van der Waals surface area contributed by atoms with Crippen molar-refractivity contribution in [2.75, 3.05) is 32.1 Å². The highest BCUT2D eigenvalue weighted by molar-refractivity contribution is 5.95. The zero-order chi connectivity index (χ0) is 15.2. The molecule has 6 nitrogen and oxygen atoms in total. The number of hydrogen-bond acceptors (Lipinski definition) is 4. The van der Waals surface area contributed by atoms with Crippen LogP contribution in [0.15, 0.2) is 24.3 Å². The smallest absolute Gasteiger partial charge is 0.240 e. The number of rotatable bonds is 5. The van der Waals surface area contributed by atoms with Crippen LogP contribution in [0.3, 0.4) is 0 Å². The number of amides is 2. The zero-order valence-corrected chi connectivity index (χ0v) is 13.6. The van der Waals surface area contributed by atoms with Crippen molar-refractivity contribution in [3.8, 4) is 5.75 Å². The predicted molar refractivity (Wildman–Crippen MR) is 87.5 cm³/mol. The number of hydrogen-bond donors (Lipinski definition) is 2. The van der Waals surface area contributed by atoms with Crippen molar-refractivity contribution >= 4 is 29.9 Å². The number of anilines is 1. The molecule has 1 fully saturated rings. The number of ether oxygens (including phenoxy) is 1. The van der Waals surface area contributed by atoms with Gasteiger partial charge in [-0.2, -0.15) is 0 Å². The third-order valence-corrected chi connectivity index (χ3v) is 3.53. The van der Waals surface area contributed by atoms with E-state index in [-0.39, 0.29) is 30.6 Å². The summed E-state index contributed by atoms with van der Waals surface area (Å²) in [5.74, 6) is 0.549. The molecule has 122 valence electrons. The summed E-state index contributed by atoms with van der Waals surface area (Å²) in [4.78, 5) is 25.9. The lowest BCUT2D eigenvalue weighted by Crippen LogP contribution is -2.55. The fraction of sp³-hybridized carbons (Fsp3) is 0.467.